The quantitative estimate of drug-likeness (QED) is 0.649. The monoisotopic (exact) mass is 401 g/mol. The largest absolute Gasteiger partial charge is 0.478 e. The van der Waals surface area contributed by atoms with E-state index in [1.165, 1.54) is 6.92 Å². The van der Waals surface area contributed by atoms with Gasteiger partial charge in [-0.15, -0.1) is 0 Å². The highest BCUT2D eigenvalue weighted by molar-refractivity contribution is 6.01. The van der Waals surface area contributed by atoms with Crippen LogP contribution in [0.25, 0.3) is 0 Å². The average molecular weight is 401 g/mol. The first-order valence-electron chi connectivity index (χ1n) is 9.14. The van der Waals surface area contributed by atoms with Gasteiger partial charge in [-0.2, -0.15) is 0 Å². The van der Waals surface area contributed by atoms with Gasteiger partial charge in [-0.3, -0.25) is 10.1 Å². The number of carboxylic acids is 1. The van der Waals surface area contributed by atoms with Gasteiger partial charge in [0.05, 0.1) is 0 Å². The van der Waals surface area contributed by atoms with Crippen molar-refractivity contribution in [3.05, 3.63) is 0 Å². The minimum atomic E-state index is -1.94. The van der Waals surface area contributed by atoms with Gasteiger partial charge < -0.3 is 19.9 Å². The molecule has 0 spiro atoms. The lowest BCUT2D eigenvalue weighted by Gasteiger charge is -2.38. The predicted molar refractivity (Wildman–Crippen MR) is 99.5 cm³/mol. The summed E-state index contributed by atoms with van der Waals surface area (Å²) in [5.74, 6) is -2.30. The Bertz CT molecular complexity index is 628. The van der Waals surface area contributed by atoms with Crippen LogP contribution in [-0.4, -0.2) is 63.5 Å². The summed E-state index contributed by atoms with van der Waals surface area (Å²) in [6, 6.07) is -1.22. The Morgan fingerprint density at radius 1 is 1.07 bits per heavy atom. The van der Waals surface area contributed by atoms with Crippen molar-refractivity contribution in [2.75, 3.05) is 6.54 Å². The number of alkyl carbamates (subject to hydrolysis) is 1. The molecule has 2 atom stereocenters. The molecule has 1 aliphatic heterocycles. The zero-order chi connectivity index (χ0) is 21.9. The van der Waals surface area contributed by atoms with E-state index in [1.54, 1.807) is 41.5 Å². The molecular formula is C18H31N3O7. The summed E-state index contributed by atoms with van der Waals surface area (Å²) < 4.78 is 10.4. The molecule has 10 nitrogen and oxygen atoms in total. The average Bonchev–Trinajstić information content (AvgIpc) is 2.93. The summed E-state index contributed by atoms with van der Waals surface area (Å²) in [5.41, 5.74) is -3.67. The highest BCUT2D eigenvalue weighted by Gasteiger charge is 2.54. The number of nitrogens with one attached hydrogen (secondary N) is 2. The third-order valence-corrected chi connectivity index (χ3v) is 3.77. The number of hydrogen-bond acceptors (Lipinski definition) is 7. The number of carbonyl (C=O) groups is 4. The zero-order valence-electron chi connectivity index (χ0n) is 17.5. The van der Waals surface area contributed by atoms with Crippen molar-refractivity contribution >= 4 is 24.1 Å². The van der Waals surface area contributed by atoms with E-state index in [4.69, 9.17) is 9.47 Å². The maximum Gasteiger partial charge on any atom is 0.419 e. The fraction of sp³-hybridized carbons (Fsp3) is 0.778. The Morgan fingerprint density at radius 2 is 1.61 bits per heavy atom. The standard InChI is InChI=1S/C18H31N3O7/c1-11(20-14(25)27-16(2,3)4)12(22)21(15(26)28-17(5,6)7)18(13(23)24)9-8-10-19-18/h11,19H,8-10H2,1-7H3,(H,20,25)(H,23,24)/t11?,18-/m0/s1. The van der Waals surface area contributed by atoms with Crippen molar-refractivity contribution in [1.82, 2.24) is 15.5 Å². The van der Waals surface area contributed by atoms with E-state index in [1.807, 2.05) is 0 Å². The van der Waals surface area contributed by atoms with E-state index >= 15 is 0 Å². The first-order chi connectivity index (χ1) is 12.6. The fourth-order valence-corrected chi connectivity index (χ4v) is 2.68. The first-order valence-corrected chi connectivity index (χ1v) is 9.14. The molecule has 3 amide bonds. The van der Waals surface area contributed by atoms with Crippen LogP contribution in [0.4, 0.5) is 9.59 Å². The molecule has 1 heterocycles. The Morgan fingerprint density at radius 3 is 2.00 bits per heavy atom. The molecule has 0 radical (unpaired) electrons. The number of carbonyl (C=O) groups excluding carboxylic acids is 3. The molecule has 0 saturated carbocycles. The smallest absolute Gasteiger partial charge is 0.419 e. The van der Waals surface area contributed by atoms with Crippen LogP contribution in [0.1, 0.15) is 61.3 Å². The summed E-state index contributed by atoms with van der Waals surface area (Å²) in [6.07, 6.45) is -1.49. The fourth-order valence-electron chi connectivity index (χ4n) is 2.68. The van der Waals surface area contributed by atoms with Gasteiger partial charge >= 0.3 is 18.2 Å². The van der Waals surface area contributed by atoms with Crippen LogP contribution >= 0.6 is 0 Å². The van der Waals surface area contributed by atoms with Crippen molar-refractivity contribution in [3.63, 3.8) is 0 Å². The lowest BCUT2D eigenvalue weighted by atomic mass is 10.1. The predicted octanol–water partition coefficient (Wildman–Crippen LogP) is 1.83. The number of ether oxygens (including phenoxy) is 2. The summed E-state index contributed by atoms with van der Waals surface area (Å²) >= 11 is 0. The third-order valence-electron chi connectivity index (χ3n) is 3.77. The van der Waals surface area contributed by atoms with E-state index in [-0.39, 0.29) is 6.42 Å². The molecule has 160 valence electrons. The topological polar surface area (TPSA) is 134 Å². The number of nitrogens with zero attached hydrogens (tertiary/aromatic N) is 1. The molecule has 10 heteroatoms. The van der Waals surface area contributed by atoms with Crippen LogP contribution in [0.3, 0.4) is 0 Å². The van der Waals surface area contributed by atoms with E-state index < -0.39 is 47.0 Å². The Kier molecular flexibility index (Phi) is 7.05. The second-order valence-corrected chi connectivity index (χ2v) is 8.72. The van der Waals surface area contributed by atoms with Gasteiger partial charge in [0, 0.05) is 0 Å². The zero-order valence-corrected chi connectivity index (χ0v) is 17.5. The highest BCUT2D eigenvalue weighted by atomic mass is 16.6. The molecule has 28 heavy (non-hydrogen) atoms. The molecule has 3 N–H and O–H groups in total. The van der Waals surface area contributed by atoms with E-state index in [2.05, 4.69) is 10.6 Å². The minimum absolute atomic E-state index is 0.0203. The number of imide groups is 1. The van der Waals surface area contributed by atoms with Gasteiger partial charge in [0.2, 0.25) is 5.66 Å². The number of carboxylic acid groups (broad SMARTS) is 1. The molecule has 0 aromatic rings. The summed E-state index contributed by atoms with van der Waals surface area (Å²) in [6.45, 7) is 11.4. The van der Waals surface area contributed by atoms with E-state index in [9.17, 15) is 24.3 Å². The molecular weight excluding hydrogens is 370 g/mol. The van der Waals surface area contributed by atoms with Crippen LogP contribution < -0.4 is 10.6 Å². The molecule has 1 fully saturated rings. The van der Waals surface area contributed by atoms with Crippen LogP contribution in [0.15, 0.2) is 0 Å². The van der Waals surface area contributed by atoms with Gasteiger partial charge in [-0.05, 0) is 67.9 Å². The number of amides is 3. The summed E-state index contributed by atoms with van der Waals surface area (Å²) in [4.78, 5) is 50.3. The number of rotatable bonds is 4. The SMILES string of the molecule is CC(NC(=O)OC(C)(C)C)C(=O)N(C(=O)OC(C)(C)C)[C@]1(C(=O)O)CCCN1. The maximum atomic E-state index is 13.0. The van der Waals surface area contributed by atoms with Crippen LogP contribution in [-0.2, 0) is 19.1 Å². The van der Waals surface area contributed by atoms with Crippen LogP contribution in [0.2, 0.25) is 0 Å². The molecule has 0 aromatic heterocycles. The van der Waals surface area contributed by atoms with Crippen LogP contribution in [0.5, 0.6) is 0 Å². The third kappa shape index (κ3) is 6.08. The molecule has 1 unspecified atom stereocenters. The Labute approximate surface area is 164 Å². The Balaban J connectivity index is 3.16. The van der Waals surface area contributed by atoms with Crippen molar-refractivity contribution in [1.29, 1.82) is 0 Å². The van der Waals surface area contributed by atoms with Gasteiger partial charge in [0.25, 0.3) is 5.91 Å². The van der Waals surface area contributed by atoms with Crippen molar-refractivity contribution in [3.8, 4) is 0 Å². The molecule has 1 saturated heterocycles. The van der Waals surface area contributed by atoms with E-state index in [0.717, 1.165) is 0 Å². The lowest BCUT2D eigenvalue weighted by molar-refractivity contribution is -0.160. The van der Waals surface area contributed by atoms with Crippen molar-refractivity contribution in [2.45, 2.75) is 84.2 Å². The summed E-state index contributed by atoms with van der Waals surface area (Å²) in [7, 11) is 0. The highest BCUT2D eigenvalue weighted by Crippen LogP contribution is 2.27. The van der Waals surface area contributed by atoms with Gasteiger partial charge in [-0.25, -0.2) is 19.3 Å². The Hall–Kier alpha value is -2.36. The second kappa shape index (κ2) is 8.34. The minimum Gasteiger partial charge on any atom is -0.478 e. The van der Waals surface area contributed by atoms with Gasteiger partial charge in [-0.1, -0.05) is 0 Å². The maximum absolute atomic E-state index is 13.0. The summed E-state index contributed by atoms with van der Waals surface area (Å²) in [5, 5.41) is 14.8. The van der Waals surface area contributed by atoms with Crippen molar-refractivity contribution in [2.24, 2.45) is 0 Å². The first kappa shape index (κ1) is 23.7. The molecule has 1 rings (SSSR count). The second-order valence-electron chi connectivity index (χ2n) is 8.72. The van der Waals surface area contributed by atoms with Crippen molar-refractivity contribution < 1.29 is 33.8 Å². The lowest BCUT2D eigenvalue weighted by Crippen LogP contribution is -2.67. The van der Waals surface area contributed by atoms with Gasteiger partial charge in [0.1, 0.15) is 17.2 Å². The number of aliphatic carboxylic acids is 1. The molecule has 1 aliphatic rings. The molecule has 0 aromatic carbocycles. The molecule has 0 aliphatic carbocycles. The molecule has 0 bridgehead atoms. The number of hydrogen-bond donors (Lipinski definition) is 3. The van der Waals surface area contributed by atoms with Crippen LogP contribution in [0, 0.1) is 0 Å². The van der Waals surface area contributed by atoms with Gasteiger partial charge in [0.15, 0.2) is 0 Å². The normalized spacial score (nSPS) is 20.8. The van der Waals surface area contributed by atoms with E-state index in [0.29, 0.717) is 17.9 Å².